The van der Waals surface area contributed by atoms with Crippen LogP contribution in [0.2, 0.25) is 0 Å². The minimum atomic E-state index is -0.824. The first-order chi connectivity index (χ1) is 21.4. The molecule has 242 valence electrons. The van der Waals surface area contributed by atoms with E-state index in [1.165, 1.54) is 4.88 Å². The minimum Gasteiger partial charge on any atom is -0.392 e. The Morgan fingerprint density at radius 2 is 1.82 bits per heavy atom. The lowest BCUT2D eigenvalue weighted by molar-refractivity contribution is -0.132. The number of halogens is 1. The summed E-state index contributed by atoms with van der Waals surface area (Å²) in [7, 11) is 0. The largest absolute Gasteiger partial charge is 0.392 e. The van der Waals surface area contributed by atoms with Crippen LogP contribution in [0.25, 0.3) is 0 Å². The Kier molecular flexibility index (Phi) is 11.2. The zero-order valence-corrected chi connectivity index (χ0v) is 28.7. The molecule has 0 bridgehead atoms. The Morgan fingerprint density at radius 1 is 1.09 bits per heavy atom. The number of aliphatic hydroxyl groups is 2. The molecule has 0 unspecified atom stereocenters. The quantitative estimate of drug-likeness (QED) is 0.239. The summed E-state index contributed by atoms with van der Waals surface area (Å²) < 4.78 is 1.06. The Hall–Kier alpha value is -2.60. The minimum absolute atomic E-state index is 0.0563. The molecule has 1 aliphatic carbocycles. The average Bonchev–Trinajstić information content (AvgIpc) is 3.54. The number of carbonyl (C=O) groups excluding carboxylic acids is 2. The van der Waals surface area contributed by atoms with E-state index in [0.29, 0.717) is 25.9 Å². The maximum atomic E-state index is 13.8. The van der Waals surface area contributed by atoms with Crippen LogP contribution in [-0.4, -0.2) is 81.8 Å². The standard InChI is InChI=1S/C35H45BrN4O4S/c1-35(2,3)38-34(44)30-21-39(20-28-18-26(36)22-45-28)13-14-40(30)19-27(41)16-25(15-23-9-5-4-6-10-23)33(43)37-32-29-12-8-7-11-24(29)17-31(32)42/h4-12,18,22,25,27,30-32,41-42H,13-17,19-21H2,1-3H3,(H,37,43)(H,38,44)/t25-,27+,30+,31-,32+/m1/s1. The topological polar surface area (TPSA) is 105 Å². The molecule has 0 spiro atoms. The maximum Gasteiger partial charge on any atom is 0.239 e. The molecular formula is C35H45BrN4O4S. The van der Waals surface area contributed by atoms with Crippen molar-refractivity contribution in [1.82, 2.24) is 20.4 Å². The highest BCUT2D eigenvalue weighted by Gasteiger charge is 2.37. The summed E-state index contributed by atoms with van der Waals surface area (Å²) >= 11 is 5.23. The Balaban J connectivity index is 1.28. The summed E-state index contributed by atoms with van der Waals surface area (Å²) in [5.74, 6) is -0.755. The van der Waals surface area contributed by atoms with E-state index < -0.39 is 30.2 Å². The van der Waals surface area contributed by atoms with Gasteiger partial charge in [-0.25, -0.2) is 0 Å². The van der Waals surface area contributed by atoms with Crippen LogP contribution >= 0.6 is 27.3 Å². The van der Waals surface area contributed by atoms with Gasteiger partial charge in [-0.1, -0.05) is 54.6 Å². The molecule has 45 heavy (non-hydrogen) atoms. The second-order valence-electron chi connectivity index (χ2n) is 13.4. The summed E-state index contributed by atoms with van der Waals surface area (Å²) in [5, 5.41) is 30.6. The highest BCUT2D eigenvalue weighted by Crippen LogP contribution is 2.32. The van der Waals surface area contributed by atoms with Gasteiger partial charge in [-0.3, -0.25) is 19.4 Å². The molecule has 2 aliphatic rings. The van der Waals surface area contributed by atoms with Gasteiger partial charge in [0, 0.05) is 65.3 Å². The number of fused-ring (bicyclic) bond motifs is 1. The molecule has 2 aromatic carbocycles. The van der Waals surface area contributed by atoms with Gasteiger partial charge in [0.25, 0.3) is 0 Å². The van der Waals surface area contributed by atoms with E-state index >= 15 is 0 Å². The SMILES string of the molecule is CC(C)(C)NC(=O)[C@@H]1CN(Cc2cc(Br)cs2)CCN1C[C@@H](O)C[C@@H](Cc1ccccc1)C(=O)N[C@H]1c2ccccc2C[C@H]1O. The highest BCUT2D eigenvalue weighted by molar-refractivity contribution is 9.10. The number of nitrogens with zero attached hydrogens (tertiary/aromatic N) is 2. The predicted octanol–water partition coefficient (Wildman–Crippen LogP) is 4.30. The van der Waals surface area contributed by atoms with Crippen molar-refractivity contribution in [2.75, 3.05) is 26.2 Å². The van der Waals surface area contributed by atoms with Gasteiger partial charge in [-0.15, -0.1) is 11.3 Å². The number of hydrogen-bond donors (Lipinski definition) is 4. The van der Waals surface area contributed by atoms with Gasteiger partial charge in [0.2, 0.25) is 11.8 Å². The van der Waals surface area contributed by atoms with Crippen molar-refractivity contribution in [2.45, 2.75) is 76.4 Å². The zero-order chi connectivity index (χ0) is 32.1. The first-order valence-electron chi connectivity index (χ1n) is 15.7. The van der Waals surface area contributed by atoms with Crippen LogP contribution in [0.15, 0.2) is 70.5 Å². The van der Waals surface area contributed by atoms with Crippen molar-refractivity contribution < 1.29 is 19.8 Å². The fraction of sp³-hybridized carbons (Fsp3) is 0.486. The molecule has 0 radical (unpaired) electrons. The van der Waals surface area contributed by atoms with Gasteiger partial charge in [0.15, 0.2) is 0 Å². The number of β-amino-alcohol motifs (C(OH)–C–C–N with tert-alkyl or cyclic N) is 1. The molecule has 1 fully saturated rings. The lowest BCUT2D eigenvalue weighted by Crippen LogP contribution is -2.61. The average molecular weight is 698 g/mol. The van der Waals surface area contributed by atoms with E-state index in [1.807, 2.05) is 75.4 Å². The number of carbonyl (C=O) groups is 2. The second kappa shape index (κ2) is 14.9. The highest BCUT2D eigenvalue weighted by atomic mass is 79.9. The molecule has 0 saturated carbocycles. The predicted molar refractivity (Wildman–Crippen MR) is 182 cm³/mol. The Bertz CT molecular complexity index is 1440. The number of aliphatic hydroxyl groups excluding tert-OH is 2. The third kappa shape index (κ3) is 9.24. The normalized spacial score (nSPS) is 22.0. The second-order valence-corrected chi connectivity index (χ2v) is 15.4. The zero-order valence-electron chi connectivity index (χ0n) is 26.3. The van der Waals surface area contributed by atoms with Crippen LogP contribution in [0.1, 0.15) is 54.8 Å². The van der Waals surface area contributed by atoms with E-state index in [4.69, 9.17) is 0 Å². The monoisotopic (exact) mass is 696 g/mol. The lowest BCUT2D eigenvalue weighted by atomic mass is 9.91. The number of amides is 2. The van der Waals surface area contributed by atoms with Gasteiger partial charge in [-0.05, 0) is 72.3 Å². The maximum absolute atomic E-state index is 13.8. The van der Waals surface area contributed by atoms with E-state index in [2.05, 4.69) is 47.8 Å². The molecule has 8 nitrogen and oxygen atoms in total. The third-order valence-electron chi connectivity index (χ3n) is 8.58. The fourth-order valence-corrected chi connectivity index (χ4v) is 7.96. The molecule has 1 aliphatic heterocycles. The first kappa shape index (κ1) is 33.8. The number of hydrogen-bond acceptors (Lipinski definition) is 7. The smallest absolute Gasteiger partial charge is 0.239 e. The summed E-state index contributed by atoms with van der Waals surface area (Å²) in [4.78, 5) is 33.0. The number of thiophene rings is 1. The molecule has 3 aromatic rings. The molecular weight excluding hydrogens is 652 g/mol. The van der Waals surface area contributed by atoms with Crippen molar-refractivity contribution in [3.8, 4) is 0 Å². The lowest BCUT2D eigenvalue weighted by Gasteiger charge is -2.42. The van der Waals surface area contributed by atoms with Gasteiger partial charge in [0.05, 0.1) is 18.2 Å². The van der Waals surface area contributed by atoms with Crippen LogP contribution in [0.3, 0.4) is 0 Å². The molecule has 1 aromatic heterocycles. The summed E-state index contributed by atoms with van der Waals surface area (Å²) in [6.07, 6.45) is -0.313. The number of piperazine rings is 1. The van der Waals surface area contributed by atoms with E-state index in [0.717, 1.165) is 34.3 Å². The van der Waals surface area contributed by atoms with Crippen LogP contribution < -0.4 is 10.6 Å². The molecule has 1 saturated heterocycles. The summed E-state index contributed by atoms with van der Waals surface area (Å²) in [6, 6.07) is 18.8. The van der Waals surface area contributed by atoms with Crippen molar-refractivity contribution in [1.29, 1.82) is 0 Å². The van der Waals surface area contributed by atoms with E-state index in [9.17, 15) is 19.8 Å². The fourth-order valence-electron chi connectivity index (χ4n) is 6.47. The number of nitrogens with one attached hydrogen (secondary N) is 2. The molecule has 2 amide bonds. The van der Waals surface area contributed by atoms with Crippen molar-refractivity contribution >= 4 is 39.1 Å². The molecule has 5 rings (SSSR count). The molecule has 4 N–H and O–H groups in total. The molecule has 2 heterocycles. The van der Waals surface area contributed by atoms with Gasteiger partial charge < -0.3 is 20.8 Å². The summed E-state index contributed by atoms with van der Waals surface area (Å²) in [6.45, 7) is 8.93. The van der Waals surface area contributed by atoms with Crippen LogP contribution in [-0.2, 0) is 29.0 Å². The van der Waals surface area contributed by atoms with E-state index in [1.54, 1.807) is 11.3 Å². The van der Waals surface area contributed by atoms with Crippen molar-refractivity contribution in [2.24, 2.45) is 5.92 Å². The van der Waals surface area contributed by atoms with Crippen molar-refractivity contribution in [3.63, 3.8) is 0 Å². The number of benzene rings is 2. The van der Waals surface area contributed by atoms with Gasteiger partial charge in [-0.2, -0.15) is 0 Å². The van der Waals surface area contributed by atoms with Crippen LogP contribution in [0, 0.1) is 5.92 Å². The van der Waals surface area contributed by atoms with Gasteiger partial charge in [0.1, 0.15) is 6.04 Å². The Morgan fingerprint density at radius 3 is 2.53 bits per heavy atom. The first-order valence-corrected chi connectivity index (χ1v) is 17.4. The van der Waals surface area contributed by atoms with E-state index in [-0.39, 0.29) is 30.3 Å². The van der Waals surface area contributed by atoms with Crippen LogP contribution in [0.5, 0.6) is 0 Å². The molecule has 10 heteroatoms. The van der Waals surface area contributed by atoms with Crippen LogP contribution in [0.4, 0.5) is 0 Å². The van der Waals surface area contributed by atoms with Crippen molar-refractivity contribution in [3.05, 3.63) is 92.1 Å². The summed E-state index contributed by atoms with van der Waals surface area (Å²) in [5.41, 5.74) is 2.61. The number of rotatable bonds is 11. The van der Waals surface area contributed by atoms with Gasteiger partial charge >= 0.3 is 0 Å². The Labute approximate surface area is 279 Å². The molecule has 5 atom stereocenters. The third-order valence-corrected chi connectivity index (χ3v) is 10.3.